The summed E-state index contributed by atoms with van der Waals surface area (Å²) in [6.45, 7) is 2.71. The Morgan fingerprint density at radius 3 is 2.76 bits per heavy atom. The number of aryl methyl sites for hydroxylation is 1. The molecule has 0 unspecified atom stereocenters. The molecule has 2 heterocycles. The second kappa shape index (κ2) is 4.53. The lowest BCUT2D eigenvalue weighted by Gasteiger charge is -2.41. The van der Waals surface area contributed by atoms with Crippen molar-refractivity contribution < 1.29 is 9.13 Å². The highest BCUT2D eigenvalue weighted by Gasteiger charge is 2.39. The van der Waals surface area contributed by atoms with Crippen molar-refractivity contribution in [3.63, 3.8) is 0 Å². The summed E-state index contributed by atoms with van der Waals surface area (Å²) in [7, 11) is 0. The maximum atomic E-state index is 13.9. The molecule has 5 heteroatoms. The van der Waals surface area contributed by atoms with Gasteiger partial charge in [0.15, 0.2) is 5.13 Å². The zero-order valence-electron chi connectivity index (χ0n) is 9.93. The lowest BCUT2D eigenvalue weighted by atomic mass is 9.90. The summed E-state index contributed by atoms with van der Waals surface area (Å²) in [6, 6.07) is 0.330. The van der Waals surface area contributed by atoms with E-state index in [1.54, 1.807) is 11.3 Å². The Balaban J connectivity index is 1.85. The van der Waals surface area contributed by atoms with Crippen molar-refractivity contribution in [2.24, 2.45) is 0 Å². The molecule has 0 radical (unpaired) electrons. The van der Waals surface area contributed by atoms with Gasteiger partial charge in [0.1, 0.15) is 6.17 Å². The molecule has 1 saturated heterocycles. The normalized spacial score (nSPS) is 29.3. The molecule has 2 fully saturated rings. The number of hydrogen-bond acceptors (Lipinski definition) is 4. The fraction of sp³-hybridized carbons (Fsp3) is 0.750. The average molecular weight is 256 g/mol. The first kappa shape index (κ1) is 11.4. The minimum atomic E-state index is -0.875. The first-order chi connectivity index (χ1) is 8.25. The van der Waals surface area contributed by atoms with Crippen LogP contribution in [0.25, 0.3) is 0 Å². The number of nitrogens with zero attached hydrogens (tertiary/aromatic N) is 2. The molecule has 3 nitrogen and oxygen atoms in total. The number of rotatable bonds is 3. The molecule has 1 saturated carbocycles. The smallest absolute Gasteiger partial charge is 0.186 e. The second-order valence-electron chi connectivity index (χ2n) is 4.88. The molecule has 2 atom stereocenters. The molecule has 1 aromatic rings. The van der Waals surface area contributed by atoms with Crippen molar-refractivity contribution in [1.29, 1.82) is 0 Å². The summed E-state index contributed by atoms with van der Waals surface area (Å²) in [4.78, 5) is 6.69. The van der Waals surface area contributed by atoms with Gasteiger partial charge in [-0.2, -0.15) is 0 Å². The Morgan fingerprint density at radius 2 is 2.29 bits per heavy atom. The van der Waals surface area contributed by atoms with Gasteiger partial charge < -0.3 is 9.64 Å². The maximum Gasteiger partial charge on any atom is 0.186 e. The molecule has 3 rings (SSSR count). The van der Waals surface area contributed by atoms with Crippen LogP contribution in [0.1, 0.15) is 25.0 Å². The van der Waals surface area contributed by atoms with Gasteiger partial charge in [0.2, 0.25) is 0 Å². The van der Waals surface area contributed by atoms with Gasteiger partial charge in [-0.25, -0.2) is 9.37 Å². The first-order valence-corrected chi connectivity index (χ1v) is 7.06. The number of anilines is 1. The minimum Gasteiger partial charge on any atom is -0.376 e. The number of aromatic nitrogens is 1. The van der Waals surface area contributed by atoms with E-state index >= 15 is 0 Å². The van der Waals surface area contributed by atoms with Crippen LogP contribution in [0.15, 0.2) is 5.38 Å². The maximum absolute atomic E-state index is 13.9. The van der Waals surface area contributed by atoms with Gasteiger partial charge in [0.25, 0.3) is 0 Å². The van der Waals surface area contributed by atoms with Crippen molar-refractivity contribution in [1.82, 2.24) is 4.98 Å². The SMILES string of the molecule is Cc1csc(N(C2CCC2)[C@@H]2COC[C@H]2F)n1. The van der Waals surface area contributed by atoms with Gasteiger partial charge in [0.05, 0.1) is 24.9 Å². The number of thiazole rings is 1. The van der Waals surface area contributed by atoms with E-state index in [2.05, 4.69) is 9.88 Å². The van der Waals surface area contributed by atoms with Gasteiger partial charge in [-0.3, -0.25) is 0 Å². The summed E-state index contributed by atoms with van der Waals surface area (Å²) >= 11 is 1.62. The van der Waals surface area contributed by atoms with Crippen molar-refractivity contribution in [2.45, 2.75) is 44.4 Å². The Morgan fingerprint density at radius 1 is 1.47 bits per heavy atom. The third-order valence-electron chi connectivity index (χ3n) is 3.64. The van der Waals surface area contributed by atoms with Gasteiger partial charge in [-0.05, 0) is 26.2 Å². The molecule has 0 bridgehead atoms. The van der Waals surface area contributed by atoms with Gasteiger partial charge >= 0.3 is 0 Å². The van der Waals surface area contributed by atoms with E-state index in [1.807, 2.05) is 12.3 Å². The Kier molecular flexibility index (Phi) is 3.04. The van der Waals surface area contributed by atoms with Crippen molar-refractivity contribution in [2.75, 3.05) is 18.1 Å². The van der Waals surface area contributed by atoms with E-state index < -0.39 is 6.17 Å². The minimum absolute atomic E-state index is 0.133. The largest absolute Gasteiger partial charge is 0.376 e. The third-order valence-corrected chi connectivity index (χ3v) is 4.61. The van der Waals surface area contributed by atoms with E-state index in [9.17, 15) is 4.39 Å². The molecule has 0 N–H and O–H groups in total. The first-order valence-electron chi connectivity index (χ1n) is 6.18. The van der Waals surface area contributed by atoms with E-state index in [4.69, 9.17) is 4.74 Å². The molecule has 2 aliphatic rings. The topological polar surface area (TPSA) is 25.4 Å². The van der Waals surface area contributed by atoms with Crippen molar-refractivity contribution in [3.05, 3.63) is 11.1 Å². The molecular formula is C12H17FN2OS. The molecule has 94 valence electrons. The number of ether oxygens (including phenoxy) is 1. The van der Waals surface area contributed by atoms with Crippen LogP contribution in [0.5, 0.6) is 0 Å². The molecule has 1 aliphatic carbocycles. The summed E-state index contributed by atoms with van der Waals surface area (Å²) in [5.74, 6) is 0. The molecular weight excluding hydrogens is 239 g/mol. The molecule has 1 aromatic heterocycles. The van der Waals surface area contributed by atoms with Crippen LogP contribution in [0.2, 0.25) is 0 Å². The molecule has 0 amide bonds. The Labute approximate surface area is 105 Å². The van der Waals surface area contributed by atoms with Crippen LogP contribution in [-0.2, 0) is 4.74 Å². The average Bonchev–Trinajstić information content (AvgIpc) is 2.81. The van der Waals surface area contributed by atoms with Crippen LogP contribution in [-0.4, -0.2) is 36.5 Å². The van der Waals surface area contributed by atoms with Crippen LogP contribution in [0.4, 0.5) is 9.52 Å². The number of alkyl halides is 1. The van der Waals surface area contributed by atoms with E-state index in [1.165, 1.54) is 6.42 Å². The quantitative estimate of drug-likeness (QED) is 0.831. The third kappa shape index (κ3) is 2.06. The van der Waals surface area contributed by atoms with Crippen LogP contribution >= 0.6 is 11.3 Å². The van der Waals surface area contributed by atoms with E-state index in [0.29, 0.717) is 12.6 Å². The van der Waals surface area contributed by atoms with Crippen LogP contribution in [0.3, 0.4) is 0 Å². The molecule has 17 heavy (non-hydrogen) atoms. The fourth-order valence-corrected chi connectivity index (χ4v) is 3.40. The fourth-order valence-electron chi connectivity index (χ4n) is 2.47. The highest BCUT2D eigenvalue weighted by Crippen LogP contribution is 2.35. The highest BCUT2D eigenvalue weighted by atomic mass is 32.1. The number of hydrogen-bond donors (Lipinski definition) is 0. The summed E-state index contributed by atoms with van der Waals surface area (Å²) in [5.41, 5.74) is 1.02. The van der Waals surface area contributed by atoms with Gasteiger partial charge in [0, 0.05) is 11.4 Å². The predicted molar refractivity (Wildman–Crippen MR) is 66.5 cm³/mol. The monoisotopic (exact) mass is 256 g/mol. The van der Waals surface area contributed by atoms with Gasteiger partial charge in [-0.15, -0.1) is 11.3 Å². The van der Waals surface area contributed by atoms with Crippen LogP contribution < -0.4 is 4.90 Å². The molecule has 0 spiro atoms. The second-order valence-corrected chi connectivity index (χ2v) is 5.72. The predicted octanol–water partition coefficient (Wildman–Crippen LogP) is 2.55. The summed E-state index contributed by atoms with van der Waals surface area (Å²) < 4.78 is 19.1. The highest BCUT2D eigenvalue weighted by molar-refractivity contribution is 7.13. The van der Waals surface area contributed by atoms with E-state index in [-0.39, 0.29) is 12.6 Å². The zero-order chi connectivity index (χ0) is 11.8. The molecule has 0 aromatic carbocycles. The molecule has 1 aliphatic heterocycles. The van der Waals surface area contributed by atoms with Crippen molar-refractivity contribution >= 4 is 16.5 Å². The lowest BCUT2D eigenvalue weighted by molar-refractivity contribution is 0.172. The van der Waals surface area contributed by atoms with E-state index in [0.717, 1.165) is 23.7 Å². The summed E-state index contributed by atoms with van der Waals surface area (Å²) in [5, 5.41) is 3.00. The van der Waals surface area contributed by atoms with Gasteiger partial charge in [-0.1, -0.05) is 0 Å². The zero-order valence-corrected chi connectivity index (χ0v) is 10.8. The van der Waals surface area contributed by atoms with Crippen LogP contribution in [0, 0.1) is 6.92 Å². The summed E-state index contributed by atoms with van der Waals surface area (Å²) in [6.07, 6.45) is 2.68. The number of halogens is 1. The van der Waals surface area contributed by atoms with Crippen molar-refractivity contribution in [3.8, 4) is 0 Å². The lowest BCUT2D eigenvalue weighted by Crippen LogP contribution is -2.50. The Bertz CT molecular complexity index is 394. The standard InChI is InChI=1S/C12H17FN2OS/c1-8-7-17-12(14-8)15(9-3-2-4-9)11-6-16-5-10(11)13/h7,9-11H,2-6H2,1H3/t10-,11-/m1/s1. The Hall–Kier alpha value is -0.680.